The maximum atomic E-state index is 12.0. The molecule has 1 saturated carbocycles. The van der Waals surface area contributed by atoms with Crippen molar-refractivity contribution in [3.63, 3.8) is 0 Å². The van der Waals surface area contributed by atoms with Gasteiger partial charge >= 0.3 is 5.97 Å². The molecule has 0 aromatic heterocycles. The summed E-state index contributed by atoms with van der Waals surface area (Å²) in [5.41, 5.74) is -0.527. The van der Waals surface area contributed by atoms with Crippen molar-refractivity contribution in [3.8, 4) is 0 Å². The fraction of sp³-hybridized carbons (Fsp3) is 0.929. The van der Waals surface area contributed by atoms with Crippen LogP contribution in [0.3, 0.4) is 0 Å². The topological polar surface area (TPSA) is 38.8 Å². The van der Waals surface area contributed by atoms with E-state index in [1.807, 2.05) is 0 Å². The lowest BCUT2D eigenvalue weighted by atomic mass is 10.0. The number of epoxide rings is 1. The smallest absolute Gasteiger partial charge is 0.341 e. The third-order valence-electron chi connectivity index (χ3n) is 3.91. The Labute approximate surface area is 104 Å². The molecule has 2 unspecified atom stereocenters. The highest BCUT2D eigenvalue weighted by Gasteiger charge is 2.63. The summed E-state index contributed by atoms with van der Waals surface area (Å²) in [6.07, 6.45) is 10.2. The van der Waals surface area contributed by atoms with E-state index in [0.29, 0.717) is 6.61 Å². The summed E-state index contributed by atoms with van der Waals surface area (Å²) < 4.78 is 11.0. The van der Waals surface area contributed by atoms with Gasteiger partial charge in [0.05, 0.1) is 12.7 Å². The van der Waals surface area contributed by atoms with Crippen LogP contribution >= 0.6 is 0 Å². The van der Waals surface area contributed by atoms with Crippen LogP contribution < -0.4 is 0 Å². The lowest BCUT2D eigenvalue weighted by Crippen LogP contribution is -2.29. The Morgan fingerprint density at radius 1 is 1.29 bits per heavy atom. The summed E-state index contributed by atoms with van der Waals surface area (Å²) in [6, 6.07) is 0. The number of ether oxygens (including phenoxy) is 2. The van der Waals surface area contributed by atoms with Gasteiger partial charge in [0.15, 0.2) is 5.60 Å². The normalized spacial score (nSPS) is 31.5. The maximum absolute atomic E-state index is 12.0. The van der Waals surface area contributed by atoms with E-state index in [4.69, 9.17) is 9.47 Å². The van der Waals surface area contributed by atoms with Crippen molar-refractivity contribution in [3.05, 3.63) is 0 Å². The number of esters is 1. The monoisotopic (exact) mass is 240 g/mol. The molecule has 17 heavy (non-hydrogen) atoms. The minimum Gasteiger partial charge on any atom is -0.463 e. The Hall–Kier alpha value is -0.570. The van der Waals surface area contributed by atoms with Crippen LogP contribution in [0, 0.1) is 0 Å². The van der Waals surface area contributed by atoms with Gasteiger partial charge in [-0.3, -0.25) is 0 Å². The average molecular weight is 240 g/mol. The van der Waals surface area contributed by atoms with Gasteiger partial charge in [-0.1, -0.05) is 39.0 Å². The average Bonchev–Trinajstić information content (AvgIpc) is 3.03. The maximum Gasteiger partial charge on any atom is 0.341 e. The van der Waals surface area contributed by atoms with Crippen molar-refractivity contribution in [2.75, 3.05) is 6.61 Å². The van der Waals surface area contributed by atoms with Gasteiger partial charge in [0.25, 0.3) is 0 Å². The fourth-order valence-corrected chi connectivity index (χ4v) is 2.72. The predicted octanol–water partition coefficient (Wildman–Crippen LogP) is 3.21. The van der Waals surface area contributed by atoms with E-state index in [1.54, 1.807) is 0 Å². The second kappa shape index (κ2) is 5.85. The SMILES string of the molecule is CCCCCCOC(=O)C12CCCCCC1O2. The van der Waals surface area contributed by atoms with Crippen LogP contribution in [0.4, 0.5) is 0 Å². The summed E-state index contributed by atoms with van der Waals surface area (Å²) in [4.78, 5) is 12.0. The number of hydrogen-bond donors (Lipinski definition) is 0. The van der Waals surface area contributed by atoms with Crippen molar-refractivity contribution in [2.24, 2.45) is 0 Å². The third kappa shape index (κ3) is 3.01. The van der Waals surface area contributed by atoms with E-state index in [2.05, 4.69) is 6.92 Å². The van der Waals surface area contributed by atoms with Crippen molar-refractivity contribution in [2.45, 2.75) is 76.4 Å². The van der Waals surface area contributed by atoms with Crippen molar-refractivity contribution < 1.29 is 14.3 Å². The number of carbonyl (C=O) groups is 1. The summed E-state index contributed by atoms with van der Waals surface area (Å²) >= 11 is 0. The van der Waals surface area contributed by atoms with Crippen LogP contribution in [0.15, 0.2) is 0 Å². The molecule has 0 radical (unpaired) electrons. The molecule has 0 aromatic rings. The molecule has 0 amide bonds. The van der Waals surface area contributed by atoms with Gasteiger partial charge in [-0.2, -0.15) is 0 Å². The highest BCUT2D eigenvalue weighted by Crippen LogP contribution is 2.47. The highest BCUT2D eigenvalue weighted by atomic mass is 16.7. The van der Waals surface area contributed by atoms with Crippen LogP contribution in [0.5, 0.6) is 0 Å². The molecule has 2 fully saturated rings. The molecule has 1 aliphatic heterocycles. The van der Waals surface area contributed by atoms with Crippen molar-refractivity contribution in [1.29, 1.82) is 0 Å². The molecular formula is C14H24O3. The standard InChI is InChI=1S/C14H24O3/c1-2-3-4-8-11-16-13(15)14-10-7-5-6-9-12(14)17-14/h12H,2-11H2,1H3. The quantitative estimate of drug-likeness (QED) is 0.406. The molecule has 98 valence electrons. The third-order valence-corrected chi connectivity index (χ3v) is 3.91. The number of fused-ring (bicyclic) bond motifs is 1. The van der Waals surface area contributed by atoms with E-state index in [0.717, 1.165) is 32.1 Å². The zero-order chi connectivity index (χ0) is 12.1. The first-order chi connectivity index (χ1) is 8.29. The molecular weight excluding hydrogens is 216 g/mol. The van der Waals surface area contributed by atoms with Gasteiger partial charge in [-0.15, -0.1) is 0 Å². The number of unbranched alkanes of at least 4 members (excludes halogenated alkanes) is 3. The number of rotatable bonds is 6. The summed E-state index contributed by atoms with van der Waals surface area (Å²) in [7, 11) is 0. The van der Waals surface area contributed by atoms with Crippen LogP contribution in [0.25, 0.3) is 0 Å². The van der Waals surface area contributed by atoms with E-state index in [9.17, 15) is 4.79 Å². The van der Waals surface area contributed by atoms with Gasteiger partial charge in [-0.25, -0.2) is 4.79 Å². The van der Waals surface area contributed by atoms with E-state index >= 15 is 0 Å². The molecule has 0 N–H and O–H groups in total. The van der Waals surface area contributed by atoms with Gasteiger partial charge in [0.1, 0.15) is 0 Å². The number of carbonyl (C=O) groups excluding carboxylic acids is 1. The van der Waals surface area contributed by atoms with Gasteiger partial charge < -0.3 is 9.47 Å². The minimum absolute atomic E-state index is 0.0964. The van der Waals surface area contributed by atoms with E-state index in [1.165, 1.54) is 25.7 Å². The molecule has 2 aliphatic rings. The van der Waals surface area contributed by atoms with E-state index < -0.39 is 5.60 Å². The molecule has 1 heterocycles. The van der Waals surface area contributed by atoms with E-state index in [-0.39, 0.29) is 12.1 Å². The first kappa shape index (κ1) is 12.9. The highest BCUT2D eigenvalue weighted by molar-refractivity contribution is 5.83. The number of hydrogen-bond acceptors (Lipinski definition) is 3. The Balaban J connectivity index is 1.69. The molecule has 1 aliphatic carbocycles. The Morgan fingerprint density at radius 2 is 2.18 bits per heavy atom. The lowest BCUT2D eigenvalue weighted by Gasteiger charge is -2.11. The molecule has 0 bridgehead atoms. The molecule has 3 nitrogen and oxygen atoms in total. The van der Waals surface area contributed by atoms with Crippen LogP contribution in [0.1, 0.15) is 64.7 Å². The van der Waals surface area contributed by atoms with Crippen LogP contribution in [-0.2, 0) is 14.3 Å². The van der Waals surface area contributed by atoms with Gasteiger partial charge in [0.2, 0.25) is 0 Å². The largest absolute Gasteiger partial charge is 0.463 e. The first-order valence-electron chi connectivity index (χ1n) is 7.14. The molecule has 1 saturated heterocycles. The lowest BCUT2D eigenvalue weighted by molar-refractivity contribution is -0.150. The zero-order valence-electron chi connectivity index (χ0n) is 10.9. The van der Waals surface area contributed by atoms with Gasteiger partial charge in [0, 0.05) is 0 Å². The Kier molecular flexibility index (Phi) is 4.43. The molecule has 2 rings (SSSR count). The van der Waals surface area contributed by atoms with Gasteiger partial charge in [-0.05, 0) is 25.7 Å². The van der Waals surface area contributed by atoms with Crippen molar-refractivity contribution in [1.82, 2.24) is 0 Å². The summed E-state index contributed by atoms with van der Waals surface area (Å²) in [5, 5.41) is 0. The summed E-state index contributed by atoms with van der Waals surface area (Å²) in [5.74, 6) is -0.0964. The molecule has 0 spiro atoms. The molecule has 2 atom stereocenters. The van der Waals surface area contributed by atoms with Crippen LogP contribution in [0.2, 0.25) is 0 Å². The zero-order valence-corrected chi connectivity index (χ0v) is 10.9. The van der Waals surface area contributed by atoms with Crippen LogP contribution in [-0.4, -0.2) is 24.3 Å². The fourth-order valence-electron chi connectivity index (χ4n) is 2.72. The molecule has 0 aromatic carbocycles. The Morgan fingerprint density at radius 3 is 3.00 bits per heavy atom. The first-order valence-corrected chi connectivity index (χ1v) is 7.14. The Bertz CT molecular complexity index is 264. The minimum atomic E-state index is -0.527. The molecule has 3 heteroatoms. The second-order valence-electron chi connectivity index (χ2n) is 5.29. The summed E-state index contributed by atoms with van der Waals surface area (Å²) in [6.45, 7) is 2.75. The predicted molar refractivity (Wildman–Crippen MR) is 65.8 cm³/mol. The second-order valence-corrected chi connectivity index (χ2v) is 5.29. The van der Waals surface area contributed by atoms with Crippen molar-refractivity contribution >= 4 is 5.97 Å².